The number of carbonyl (C=O) groups excluding carboxylic acids is 3. The molecule has 1 aliphatic carbocycles. The van der Waals surface area contributed by atoms with Gasteiger partial charge in [-0.2, -0.15) is 18.3 Å². The number of anilines is 1. The molecular formula is C39H31ClF3N7O4. The molecule has 8 rings (SSSR count). The second-order valence-electron chi connectivity index (χ2n) is 13.7. The first-order valence-corrected chi connectivity index (χ1v) is 17.6. The lowest BCUT2D eigenvalue weighted by Crippen LogP contribution is -2.35. The Morgan fingerprint density at radius 2 is 1.74 bits per heavy atom. The van der Waals surface area contributed by atoms with Crippen molar-refractivity contribution in [3.63, 3.8) is 0 Å². The molecule has 0 unspecified atom stereocenters. The lowest BCUT2D eigenvalue weighted by Gasteiger charge is -2.24. The average Bonchev–Trinajstić information content (AvgIpc) is 3.84. The van der Waals surface area contributed by atoms with E-state index in [0.717, 1.165) is 12.8 Å². The van der Waals surface area contributed by atoms with Crippen LogP contribution in [0.15, 0.2) is 83.8 Å². The number of fused-ring (bicyclic) bond motifs is 3. The van der Waals surface area contributed by atoms with Crippen LogP contribution < -0.4 is 16.6 Å². The van der Waals surface area contributed by atoms with Gasteiger partial charge in [0.05, 0.1) is 27.2 Å². The molecule has 11 nitrogen and oxygen atoms in total. The van der Waals surface area contributed by atoms with Crippen LogP contribution in [-0.2, 0) is 12.7 Å². The van der Waals surface area contributed by atoms with Crippen LogP contribution in [0.25, 0.3) is 22.1 Å². The fourth-order valence-corrected chi connectivity index (χ4v) is 7.64. The van der Waals surface area contributed by atoms with Crippen LogP contribution in [0.1, 0.15) is 86.2 Å². The van der Waals surface area contributed by atoms with Gasteiger partial charge < -0.3 is 16.0 Å². The van der Waals surface area contributed by atoms with E-state index in [4.69, 9.17) is 17.3 Å². The maximum absolute atomic E-state index is 14.3. The Morgan fingerprint density at radius 3 is 2.43 bits per heavy atom. The van der Waals surface area contributed by atoms with Crippen molar-refractivity contribution >= 4 is 51.6 Å². The van der Waals surface area contributed by atoms with E-state index in [9.17, 15) is 32.3 Å². The van der Waals surface area contributed by atoms with E-state index >= 15 is 0 Å². The zero-order chi connectivity index (χ0) is 38.2. The molecule has 3 aromatic carbocycles. The maximum Gasteiger partial charge on any atom is 0.417 e. The molecule has 0 radical (unpaired) electrons. The Balaban J connectivity index is 1.17. The van der Waals surface area contributed by atoms with Gasteiger partial charge >= 0.3 is 6.18 Å². The quantitative estimate of drug-likeness (QED) is 0.172. The molecule has 274 valence electrons. The standard InChI is InChI=1S/C39H31ClF3N7O4/c1-19(28-17-22-7-6-10-27(40)31(22)38(54)50(28)25-8-4-3-5-9-25)33-32(34(44)51)35-45-29(13-14-49(35)47-33)46-36(52)23-15-24-18-48(20(2)21-11-12-21)37(53)30(24)26(16-23)39(41,42)43/h3-10,13-17,19-21H,11-12,18H2,1-2H3,(H2,44,51)(H,45,46,52)/t19-,20-/m0/s1. The van der Waals surface area contributed by atoms with E-state index in [1.165, 1.54) is 32.3 Å². The fourth-order valence-electron chi connectivity index (χ4n) is 7.38. The predicted octanol–water partition coefficient (Wildman–Crippen LogP) is 6.96. The number of pyridine rings is 1. The summed E-state index contributed by atoms with van der Waals surface area (Å²) in [5, 5.41) is 8.30. The van der Waals surface area contributed by atoms with Gasteiger partial charge in [0.1, 0.15) is 11.4 Å². The second-order valence-corrected chi connectivity index (χ2v) is 14.1. The van der Waals surface area contributed by atoms with Gasteiger partial charge in [0.25, 0.3) is 23.3 Å². The van der Waals surface area contributed by atoms with Gasteiger partial charge in [-0.25, -0.2) is 9.50 Å². The minimum Gasteiger partial charge on any atom is -0.365 e. The molecule has 15 heteroatoms. The van der Waals surface area contributed by atoms with Crippen molar-refractivity contribution in [2.75, 3.05) is 5.32 Å². The minimum absolute atomic E-state index is 0.0279. The van der Waals surface area contributed by atoms with Crippen LogP contribution in [0, 0.1) is 5.92 Å². The van der Waals surface area contributed by atoms with Crippen molar-refractivity contribution < 1.29 is 27.6 Å². The van der Waals surface area contributed by atoms with Gasteiger partial charge in [0.15, 0.2) is 5.65 Å². The molecule has 3 aromatic heterocycles. The molecule has 6 aromatic rings. The van der Waals surface area contributed by atoms with Crippen LogP contribution in [0.3, 0.4) is 0 Å². The first-order chi connectivity index (χ1) is 25.7. The minimum atomic E-state index is -4.89. The van der Waals surface area contributed by atoms with Crippen molar-refractivity contribution in [2.24, 2.45) is 11.7 Å². The fraction of sp³-hybridized carbons (Fsp3) is 0.231. The number of hydrogen-bond acceptors (Lipinski definition) is 6. The number of rotatable bonds is 8. The summed E-state index contributed by atoms with van der Waals surface area (Å²) in [7, 11) is 0. The SMILES string of the molecule is C[C@H](c1nn2ccc(NC(=O)c3cc4c(c(C(F)(F)F)c3)C(=O)N([C@@H](C)C3CC3)C4)nc2c1C(N)=O)c1cc2cccc(Cl)c2c(=O)n1-c1ccccc1. The lowest BCUT2D eigenvalue weighted by atomic mass is 9.96. The van der Waals surface area contributed by atoms with Gasteiger partial charge in [-0.1, -0.05) is 48.9 Å². The number of benzene rings is 3. The van der Waals surface area contributed by atoms with Gasteiger partial charge in [0, 0.05) is 41.6 Å². The number of primary amides is 1. The zero-order valence-electron chi connectivity index (χ0n) is 28.8. The second kappa shape index (κ2) is 12.8. The highest BCUT2D eigenvalue weighted by Crippen LogP contribution is 2.42. The first kappa shape index (κ1) is 35.0. The van der Waals surface area contributed by atoms with Crippen LogP contribution in [0.5, 0.6) is 0 Å². The number of nitrogens with zero attached hydrogens (tertiary/aromatic N) is 5. The Labute approximate surface area is 310 Å². The molecule has 54 heavy (non-hydrogen) atoms. The number of alkyl halides is 3. The highest BCUT2D eigenvalue weighted by atomic mass is 35.5. The Hall–Kier alpha value is -6.02. The van der Waals surface area contributed by atoms with E-state index in [1.54, 1.807) is 55.5 Å². The third kappa shape index (κ3) is 5.86. The largest absolute Gasteiger partial charge is 0.417 e. The predicted molar refractivity (Wildman–Crippen MR) is 195 cm³/mol. The number of amides is 3. The summed E-state index contributed by atoms with van der Waals surface area (Å²) in [6, 6.07) is 18.9. The topological polar surface area (TPSA) is 145 Å². The smallest absolute Gasteiger partial charge is 0.365 e. The number of nitrogens with two attached hydrogens (primary N) is 1. The molecule has 3 amide bonds. The Morgan fingerprint density at radius 1 is 1.00 bits per heavy atom. The third-order valence-corrected chi connectivity index (χ3v) is 10.6. The summed E-state index contributed by atoms with van der Waals surface area (Å²) in [5.41, 5.74) is 4.80. The van der Waals surface area contributed by atoms with Gasteiger partial charge in [0.2, 0.25) is 0 Å². The highest BCUT2D eigenvalue weighted by Gasteiger charge is 2.45. The van der Waals surface area contributed by atoms with Gasteiger partial charge in [-0.3, -0.25) is 23.7 Å². The van der Waals surface area contributed by atoms with E-state index in [-0.39, 0.29) is 62.9 Å². The van der Waals surface area contributed by atoms with E-state index in [2.05, 4.69) is 15.4 Å². The number of nitrogens with one attached hydrogen (secondary N) is 1. The number of carbonyl (C=O) groups is 3. The Kier molecular flexibility index (Phi) is 8.32. The van der Waals surface area contributed by atoms with Crippen LogP contribution in [-0.4, -0.2) is 47.8 Å². The molecule has 1 aliphatic heterocycles. The molecule has 1 fully saturated rings. The summed E-state index contributed by atoms with van der Waals surface area (Å²) in [6.07, 6.45) is -1.66. The van der Waals surface area contributed by atoms with Crippen molar-refractivity contribution in [1.82, 2.24) is 24.1 Å². The summed E-state index contributed by atoms with van der Waals surface area (Å²) >= 11 is 6.47. The van der Waals surface area contributed by atoms with Crippen molar-refractivity contribution in [3.05, 3.63) is 134 Å². The lowest BCUT2D eigenvalue weighted by molar-refractivity contribution is -0.138. The number of aromatic nitrogens is 4. The molecule has 2 aliphatic rings. The molecule has 1 saturated carbocycles. The third-order valence-electron chi connectivity index (χ3n) is 10.3. The van der Waals surface area contributed by atoms with E-state index in [1.807, 2.05) is 13.0 Å². The van der Waals surface area contributed by atoms with Crippen molar-refractivity contribution in [2.45, 2.75) is 51.4 Å². The van der Waals surface area contributed by atoms with Gasteiger partial charge in [-0.15, -0.1) is 0 Å². The molecule has 0 spiro atoms. The number of para-hydroxylation sites is 1. The van der Waals surface area contributed by atoms with Crippen molar-refractivity contribution in [1.29, 1.82) is 0 Å². The number of hydrogen-bond donors (Lipinski definition) is 2. The summed E-state index contributed by atoms with van der Waals surface area (Å²) < 4.78 is 45.7. The van der Waals surface area contributed by atoms with Crippen LogP contribution in [0.2, 0.25) is 5.02 Å². The molecule has 2 atom stereocenters. The van der Waals surface area contributed by atoms with Gasteiger partial charge in [-0.05, 0) is 79.1 Å². The van der Waals surface area contributed by atoms with Crippen LogP contribution in [0.4, 0.5) is 19.0 Å². The van der Waals surface area contributed by atoms with E-state index < -0.39 is 40.9 Å². The van der Waals surface area contributed by atoms with Crippen molar-refractivity contribution in [3.8, 4) is 5.69 Å². The molecule has 0 bridgehead atoms. The first-order valence-electron chi connectivity index (χ1n) is 17.2. The molecule has 0 saturated heterocycles. The Bertz CT molecular complexity index is 2620. The average molecular weight is 754 g/mol. The molecule has 4 heterocycles. The highest BCUT2D eigenvalue weighted by molar-refractivity contribution is 6.35. The van der Waals surface area contributed by atoms with Crippen LogP contribution >= 0.6 is 11.6 Å². The maximum atomic E-state index is 14.3. The summed E-state index contributed by atoms with van der Waals surface area (Å²) in [6.45, 7) is 3.54. The zero-order valence-corrected chi connectivity index (χ0v) is 29.6. The number of halogens is 4. The normalized spacial score (nSPS) is 15.4. The molecule has 3 N–H and O–H groups in total. The summed E-state index contributed by atoms with van der Waals surface area (Å²) in [5.74, 6) is -3.07. The van der Waals surface area contributed by atoms with E-state index in [0.29, 0.717) is 28.2 Å². The monoisotopic (exact) mass is 753 g/mol. The summed E-state index contributed by atoms with van der Waals surface area (Å²) in [4.78, 5) is 59.7. The molecular weight excluding hydrogens is 723 g/mol.